The van der Waals surface area contributed by atoms with Crippen LogP contribution in [0.1, 0.15) is 73.3 Å². The Morgan fingerprint density at radius 3 is 1.43 bits per heavy atom. The third kappa shape index (κ3) is 10.3. The van der Waals surface area contributed by atoms with Gasteiger partial charge in [0.05, 0.1) is 0 Å². The summed E-state index contributed by atoms with van der Waals surface area (Å²) < 4.78 is 0. The minimum atomic E-state index is -0.922. The van der Waals surface area contributed by atoms with E-state index >= 15 is 0 Å². The second-order valence-corrected chi connectivity index (χ2v) is 13.5. The molecule has 0 saturated heterocycles. The van der Waals surface area contributed by atoms with E-state index in [9.17, 15) is 24.0 Å². The van der Waals surface area contributed by atoms with Gasteiger partial charge in [-0.05, 0) is 36.2 Å². The van der Waals surface area contributed by atoms with Crippen molar-refractivity contribution in [3.05, 3.63) is 35.9 Å². The fourth-order valence-corrected chi connectivity index (χ4v) is 6.13. The first-order chi connectivity index (χ1) is 21.4. The van der Waals surface area contributed by atoms with Gasteiger partial charge in [-0.25, -0.2) is 0 Å². The molecule has 5 atom stereocenters. The molecule has 0 aromatic heterocycles. The maximum absolute atomic E-state index is 14.2. The molecule has 0 fully saturated rings. The van der Waals surface area contributed by atoms with Gasteiger partial charge in [-0.2, -0.15) is 0 Å². The van der Waals surface area contributed by atoms with Crippen molar-refractivity contribution in [1.82, 2.24) is 19.6 Å². The van der Waals surface area contributed by atoms with Gasteiger partial charge in [0, 0.05) is 47.0 Å². The zero-order chi connectivity index (χ0) is 35.5. The molecule has 10 nitrogen and oxygen atoms in total. The molecule has 0 radical (unpaired) electrons. The topological polar surface area (TPSA) is 124 Å². The fraction of sp³-hybridized carbons (Fsp3) is 0.639. The predicted octanol–water partition coefficient (Wildman–Crippen LogP) is 3.43. The van der Waals surface area contributed by atoms with Crippen LogP contribution in [0, 0.1) is 36.0 Å². The minimum Gasteiger partial charge on any atom is -0.368 e. The zero-order valence-corrected chi connectivity index (χ0v) is 29.8. The van der Waals surface area contributed by atoms with Gasteiger partial charge in [-0.15, -0.1) is 12.3 Å². The number of carbonyl (C=O) groups excluding carboxylic acids is 5. The molecule has 10 heteroatoms. The Balaban J connectivity index is 3.33. The summed E-state index contributed by atoms with van der Waals surface area (Å²) in [5.74, 6) is -0.571. The molecule has 0 aliphatic heterocycles. The summed E-state index contributed by atoms with van der Waals surface area (Å²) in [4.78, 5) is 73.7. The number of nitrogens with two attached hydrogens (primary N) is 1. The van der Waals surface area contributed by atoms with Crippen LogP contribution in [0.25, 0.3) is 0 Å². The molecule has 0 heterocycles. The maximum Gasteiger partial charge on any atom is 0.246 e. The largest absolute Gasteiger partial charge is 0.368 e. The number of hydrogen-bond donors (Lipinski definition) is 1. The van der Waals surface area contributed by atoms with Crippen molar-refractivity contribution >= 4 is 29.5 Å². The highest BCUT2D eigenvalue weighted by Gasteiger charge is 2.42. The van der Waals surface area contributed by atoms with Gasteiger partial charge in [0.1, 0.15) is 24.2 Å². The third-order valence-corrected chi connectivity index (χ3v) is 8.74. The quantitative estimate of drug-likeness (QED) is 0.207. The van der Waals surface area contributed by atoms with Crippen LogP contribution in [0.2, 0.25) is 0 Å². The van der Waals surface area contributed by atoms with E-state index in [-0.39, 0.29) is 41.9 Å². The Morgan fingerprint density at radius 2 is 1.07 bits per heavy atom. The van der Waals surface area contributed by atoms with Gasteiger partial charge in [-0.1, -0.05) is 78.8 Å². The van der Waals surface area contributed by atoms with Crippen LogP contribution in [-0.2, 0) is 30.4 Å². The van der Waals surface area contributed by atoms with E-state index in [2.05, 4.69) is 5.92 Å². The van der Waals surface area contributed by atoms with Crippen LogP contribution in [0.15, 0.2) is 30.3 Å². The van der Waals surface area contributed by atoms with E-state index < -0.39 is 41.9 Å². The average molecular weight is 640 g/mol. The summed E-state index contributed by atoms with van der Waals surface area (Å²) in [6.07, 6.45) is 7.50. The number of unbranched alkanes of at least 4 members (excludes halogenated alkanes) is 1. The second-order valence-electron chi connectivity index (χ2n) is 13.5. The van der Waals surface area contributed by atoms with Crippen molar-refractivity contribution < 1.29 is 24.0 Å². The number of hydrogen-bond acceptors (Lipinski definition) is 5. The molecule has 0 bridgehead atoms. The molecule has 0 unspecified atom stereocenters. The number of rotatable bonds is 17. The molecule has 256 valence electrons. The minimum absolute atomic E-state index is 0.157. The number of nitrogens with zero attached hydrogens (tertiary/aromatic N) is 4. The number of likely N-dealkylation sites (N-methyl/N-ethyl adjacent to an activating group) is 4. The molecular weight excluding hydrogens is 582 g/mol. The second kappa shape index (κ2) is 18.3. The molecule has 1 rings (SSSR count). The summed E-state index contributed by atoms with van der Waals surface area (Å²) in [6, 6.07) is 5.73. The molecule has 0 saturated carbocycles. The summed E-state index contributed by atoms with van der Waals surface area (Å²) >= 11 is 0. The molecule has 0 aliphatic carbocycles. The lowest BCUT2D eigenvalue weighted by Gasteiger charge is -2.41. The van der Waals surface area contributed by atoms with Crippen molar-refractivity contribution in [2.24, 2.45) is 29.4 Å². The van der Waals surface area contributed by atoms with Crippen LogP contribution in [0.4, 0.5) is 0 Å². The Hall–Kier alpha value is -3.87. The lowest BCUT2D eigenvalue weighted by atomic mass is 9.94. The number of benzene rings is 1. The van der Waals surface area contributed by atoms with E-state index in [4.69, 9.17) is 12.2 Å². The standard InChI is InChI=1S/C36H57N5O5/c1-13-14-16-19-26(8)33(43)39(10)30(24(4)5)35(45)41(12)31(25(6)7)36(46)40(11)29(23(2)3)34(44)38(9)28(32(37)42)22-27-20-17-15-18-21-27/h1,15,17-18,20-21,23-26,28-31H,14,16,19,22H2,2-12H3,(H2,37,42)/t26-,28-,29-,30-,31-/m0/s1. The first-order valence-electron chi connectivity index (χ1n) is 16.2. The van der Waals surface area contributed by atoms with Gasteiger partial charge in [0.15, 0.2) is 0 Å². The highest BCUT2D eigenvalue weighted by Crippen LogP contribution is 2.24. The van der Waals surface area contributed by atoms with Crippen molar-refractivity contribution in [3.8, 4) is 12.3 Å². The van der Waals surface area contributed by atoms with E-state index in [0.29, 0.717) is 19.3 Å². The Bertz CT molecular complexity index is 1220. The van der Waals surface area contributed by atoms with Crippen LogP contribution >= 0.6 is 0 Å². The summed E-state index contributed by atoms with van der Waals surface area (Å²) in [5, 5.41) is 0. The molecule has 0 spiro atoms. The fourth-order valence-electron chi connectivity index (χ4n) is 6.13. The highest BCUT2D eigenvalue weighted by molar-refractivity contribution is 5.95. The number of carbonyl (C=O) groups is 5. The van der Waals surface area contributed by atoms with Crippen LogP contribution < -0.4 is 5.73 Å². The first-order valence-corrected chi connectivity index (χ1v) is 16.2. The van der Waals surface area contributed by atoms with E-state index in [1.165, 1.54) is 26.6 Å². The summed E-state index contributed by atoms with van der Waals surface area (Å²) in [6.45, 7) is 12.9. The lowest BCUT2D eigenvalue weighted by molar-refractivity contribution is -0.157. The van der Waals surface area contributed by atoms with Crippen molar-refractivity contribution in [2.45, 2.75) is 98.3 Å². The van der Waals surface area contributed by atoms with Crippen LogP contribution in [0.3, 0.4) is 0 Å². The highest BCUT2D eigenvalue weighted by atomic mass is 16.2. The van der Waals surface area contributed by atoms with E-state index in [0.717, 1.165) is 5.56 Å². The molecule has 2 N–H and O–H groups in total. The number of amides is 5. The third-order valence-electron chi connectivity index (χ3n) is 8.74. The van der Waals surface area contributed by atoms with Crippen LogP contribution in [-0.4, -0.2) is 101 Å². The van der Waals surface area contributed by atoms with Crippen molar-refractivity contribution in [1.29, 1.82) is 0 Å². The predicted molar refractivity (Wildman–Crippen MR) is 182 cm³/mol. The maximum atomic E-state index is 14.2. The molecule has 0 aliphatic rings. The van der Waals surface area contributed by atoms with E-state index in [1.807, 2.05) is 78.8 Å². The van der Waals surface area contributed by atoms with Gasteiger partial charge in [-0.3, -0.25) is 24.0 Å². The van der Waals surface area contributed by atoms with Gasteiger partial charge < -0.3 is 25.3 Å². The van der Waals surface area contributed by atoms with Gasteiger partial charge >= 0.3 is 0 Å². The molecular formula is C36H57N5O5. The molecule has 1 aromatic rings. The monoisotopic (exact) mass is 639 g/mol. The summed E-state index contributed by atoms with van der Waals surface area (Å²) in [7, 11) is 6.28. The normalized spacial score (nSPS) is 14.5. The van der Waals surface area contributed by atoms with Gasteiger partial charge in [0.2, 0.25) is 29.5 Å². The molecule has 5 amide bonds. The first kappa shape index (κ1) is 40.2. The van der Waals surface area contributed by atoms with Crippen molar-refractivity contribution in [2.75, 3.05) is 28.2 Å². The lowest BCUT2D eigenvalue weighted by Crippen LogP contribution is -2.61. The Morgan fingerprint density at radius 1 is 0.674 bits per heavy atom. The average Bonchev–Trinajstić information content (AvgIpc) is 2.98. The van der Waals surface area contributed by atoms with Gasteiger partial charge in [0.25, 0.3) is 0 Å². The number of terminal acetylenes is 1. The zero-order valence-electron chi connectivity index (χ0n) is 29.8. The van der Waals surface area contributed by atoms with E-state index in [1.54, 1.807) is 21.1 Å². The Labute approximate surface area is 277 Å². The molecule has 46 heavy (non-hydrogen) atoms. The SMILES string of the molecule is C#CCCC[C@H](C)C(=O)N(C)[C@H](C(=O)N(C)[C@H](C(=O)N(C)[C@H](C(=O)N(C)[C@@H](Cc1ccccc1)C(N)=O)C(C)C)C(C)C)C(C)C. The molecule has 1 aromatic carbocycles. The number of primary amides is 1. The smallest absolute Gasteiger partial charge is 0.246 e. The van der Waals surface area contributed by atoms with Crippen LogP contribution in [0.5, 0.6) is 0 Å². The summed E-state index contributed by atoms with van der Waals surface area (Å²) in [5.41, 5.74) is 6.60. The van der Waals surface area contributed by atoms with Crippen molar-refractivity contribution in [3.63, 3.8) is 0 Å². The Kier molecular flexibility index (Phi) is 16.0.